The van der Waals surface area contributed by atoms with Crippen LogP contribution in [0.25, 0.3) is 0 Å². The molecule has 1 aromatic heterocycles. The summed E-state index contributed by atoms with van der Waals surface area (Å²) in [5, 5.41) is 12.0. The minimum absolute atomic E-state index is 0.0379. The Bertz CT molecular complexity index is 1140. The highest BCUT2D eigenvalue weighted by Crippen LogP contribution is 2.24. The second-order valence-electron chi connectivity index (χ2n) is 7.39. The number of aromatic nitrogens is 2. The number of carbonyl (C=O) groups excluding carboxylic acids is 1. The van der Waals surface area contributed by atoms with Gasteiger partial charge in [-0.25, -0.2) is 8.42 Å². The lowest BCUT2D eigenvalue weighted by atomic mass is 10.1. The number of nitrogens with one attached hydrogen (secondary N) is 1. The molecule has 0 saturated carbocycles. The van der Waals surface area contributed by atoms with Crippen molar-refractivity contribution in [2.75, 3.05) is 16.7 Å². The molecule has 30 heavy (non-hydrogen) atoms. The summed E-state index contributed by atoms with van der Waals surface area (Å²) in [6.07, 6.45) is 0.784. The van der Waals surface area contributed by atoms with E-state index in [2.05, 4.69) is 29.4 Å². The van der Waals surface area contributed by atoms with Crippen molar-refractivity contribution in [3.05, 3.63) is 64.7 Å². The number of anilines is 2. The van der Waals surface area contributed by atoms with Gasteiger partial charge < -0.3 is 0 Å². The molecule has 7 nitrogen and oxygen atoms in total. The Labute approximate surface area is 180 Å². The van der Waals surface area contributed by atoms with Crippen molar-refractivity contribution in [3.63, 3.8) is 0 Å². The molecule has 0 unspecified atom stereocenters. The first-order valence-electron chi connectivity index (χ1n) is 9.46. The molecule has 0 aliphatic heterocycles. The quantitative estimate of drug-likeness (QED) is 0.592. The maximum atomic E-state index is 13.0. The smallest absolute Gasteiger partial charge is 0.264 e. The van der Waals surface area contributed by atoms with Gasteiger partial charge in [0.15, 0.2) is 0 Å². The van der Waals surface area contributed by atoms with Gasteiger partial charge >= 0.3 is 0 Å². The van der Waals surface area contributed by atoms with Crippen LogP contribution in [0.3, 0.4) is 0 Å². The molecule has 2 aromatic carbocycles. The van der Waals surface area contributed by atoms with Crippen LogP contribution in [0.2, 0.25) is 0 Å². The average Bonchev–Trinajstić information content (AvgIpc) is 3.14. The van der Waals surface area contributed by atoms with E-state index in [1.54, 1.807) is 24.3 Å². The van der Waals surface area contributed by atoms with Gasteiger partial charge in [0.2, 0.25) is 5.13 Å². The standard InChI is InChI=1S/C21H24N4O3S2/c1-14(2)12-19-23-24-21(29-19)22-20(26)16-6-5-7-18(13-16)30(27,28)25(4)17-10-8-15(3)9-11-17/h5-11,13-14H,12H2,1-4H3,(H,22,24,26). The van der Waals surface area contributed by atoms with Gasteiger partial charge in [0.05, 0.1) is 10.6 Å². The lowest BCUT2D eigenvalue weighted by Gasteiger charge is -2.20. The predicted octanol–water partition coefficient (Wildman–Crippen LogP) is 4.12. The Balaban J connectivity index is 1.80. The van der Waals surface area contributed by atoms with Gasteiger partial charge in [-0.3, -0.25) is 14.4 Å². The highest BCUT2D eigenvalue weighted by molar-refractivity contribution is 7.92. The summed E-state index contributed by atoms with van der Waals surface area (Å²) in [5.74, 6) is 0.00574. The second kappa shape index (κ2) is 8.93. The van der Waals surface area contributed by atoms with Crippen molar-refractivity contribution in [2.24, 2.45) is 5.92 Å². The van der Waals surface area contributed by atoms with Gasteiger partial charge in [-0.05, 0) is 43.2 Å². The summed E-state index contributed by atoms with van der Waals surface area (Å²) < 4.78 is 27.3. The number of nitrogens with zero attached hydrogens (tertiary/aromatic N) is 3. The van der Waals surface area contributed by atoms with E-state index in [9.17, 15) is 13.2 Å². The SMILES string of the molecule is Cc1ccc(N(C)S(=O)(=O)c2cccc(C(=O)Nc3nnc(CC(C)C)s3)c2)cc1. The van der Waals surface area contributed by atoms with Crippen molar-refractivity contribution < 1.29 is 13.2 Å². The topological polar surface area (TPSA) is 92.3 Å². The van der Waals surface area contributed by atoms with Crippen molar-refractivity contribution in [3.8, 4) is 0 Å². The summed E-state index contributed by atoms with van der Waals surface area (Å²) >= 11 is 1.32. The maximum Gasteiger partial charge on any atom is 0.264 e. The molecular weight excluding hydrogens is 420 g/mol. The molecule has 158 valence electrons. The van der Waals surface area contributed by atoms with E-state index >= 15 is 0 Å². The summed E-state index contributed by atoms with van der Waals surface area (Å²) in [7, 11) is -2.32. The van der Waals surface area contributed by atoms with Crippen molar-refractivity contribution in [2.45, 2.75) is 32.1 Å². The minimum atomic E-state index is -3.82. The first kappa shape index (κ1) is 21.9. The molecule has 1 amide bonds. The number of carbonyl (C=O) groups is 1. The molecular formula is C21H24N4O3S2. The molecule has 1 N–H and O–H groups in total. The van der Waals surface area contributed by atoms with E-state index in [1.165, 1.54) is 34.8 Å². The summed E-state index contributed by atoms with van der Waals surface area (Å²) in [5.41, 5.74) is 1.81. The molecule has 0 bridgehead atoms. The number of sulfonamides is 1. The highest BCUT2D eigenvalue weighted by Gasteiger charge is 2.22. The Morgan fingerprint density at radius 1 is 1.13 bits per heavy atom. The third kappa shape index (κ3) is 5.03. The van der Waals surface area contributed by atoms with Crippen LogP contribution < -0.4 is 9.62 Å². The lowest BCUT2D eigenvalue weighted by molar-refractivity contribution is 0.102. The molecule has 0 fully saturated rings. The van der Waals surface area contributed by atoms with Crippen molar-refractivity contribution in [1.82, 2.24) is 10.2 Å². The van der Waals surface area contributed by atoms with E-state index in [1.807, 2.05) is 19.1 Å². The average molecular weight is 445 g/mol. The highest BCUT2D eigenvalue weighted by atomic mass is 32.2. The Morgan fingerprint density at radius 3 is 2.50 bits per heavy atom. The fourth-order valence-electron chi connectivity index (χ4n) is 2.75. The molecule has 0 aliphatic rings. The molecule has 0 atom stereocenters. The fourth-order valence-corrected chi connectivity index (χ4v) is 4.94. The first-order chi connectivity index (χ1) is 14.2. The van der Waals surface area contributed by atoms with Gasteiger partial charge in [0, 0.05) is 19.0 Å². The van der Waals surface area contributed by atoms with Gasteiger partial charge in [-0.1, -0.05) is 48.9 Å². The van der Waals surface area contributed by atoms with Crippen molar-refractivity contribution >= 4 is 38.1 Å². The molecule has 9 heteroatoms. The normalized spacial score (nSPS) is 11.5. The van der Waals surface area contributed by atoms with Crippen LogP contribution >= 0.6 is 11.3 Å². The number of hydrogen-bond donors (Lipinski definition) is 1. The number of benzene rings is 2. The molecule has 1 heterocycles. The van der Waals surface area contributed by atoms with Gasteiger partial charge in [0.25, 0.3) is 15.9 Å². The van der Waals surface area contributed by atoms with Crippen LogP contribution in [-0.4, -0.2) is 31.6 Å². The Morgan fingerprint density at radius 2 is 1.83 bits per heavy atom. The van der Waals surface area contributed by atoms with Crippen LogP contribution in [0.15, 0.2) is 53.4 Å². The molecule has 3 aromatic rings. The summed E-state index contributed by atoms with van der Waals surface area (Å²) in [4.78, 5) is 12.7. The molecule has 0 aliphatic carbocycles. The second-order valence-corrected chi connectivity index (χ2v) is 10.4. The zero-order valence-electron chi connectivity index (χ0n) is 17.3. The summed E-state index contributed by atoms with van der Waals surface area (Å²) in [6, 6.07) is 13.1. The zero-order chi connectivity index (χ0) is 21.9. The lowest BCUT2D eigenvalue weighted by Crippen LogP contribution is -2.26. The van der Waals surface area contributed by atoms with Crippen LogP contribution in [0.1, 0.15) is 34.8 Å². The van der Waals surface area contributed by atoms with Crippen LogP contribution in [0.5, 0.6) is 0 Å². The van der Waals surface area contributed by atoms with Gasteiger partial charge in [0.1, 0.15) is 5.01 Å². The van der Waals surface area contributed by atoms with E-state index in [0.717, 1.165) is 17.0 Å². The van der Waals surface area contributed by atoms with E-state index < -0.39 is 15.9 Å². The monoisotopic (exact) mass is 444 g/mol. The van der Waals surface area contributed by atoms with E-state index in [0.29, 0.717) is 16.7 Å². The van der Waals surface area contributed by atoms with Gasteiger partial charge in [-0.2, -0.15) is 0 Å². The largest absolute Gasteiger partial charge is 0.296 e. The number of amides is 1. The Hall–Kier alpha value is -2.78. The number of aryl methyl sites for hydroxylation is 1. The van der Waals surface area contributed by atoms with Crippen molar-refractivity contribution in [1.29, 1.82) is 0 Å². The predicted molar refractivity (Wildman–Crippen MR) is 120 cm³/mol. The van der Waals surface area contributed by atoms with E-state index in [4.69, 9.17) is 0 Å². The Kier molecular flexibility index (Phi) is 6.52. The summed E-state index contributed by atoms with van der Waals surface area (Å²) in [6.45, 7) is 6.10. The van der Waals surface area contributed by atoms with E-state index in [-0.39, 0.29) is 10.5 Å². The van der Waals surface area contributed by atoms with Gasteiger partial charge in [-0.15, -0.1) is 10.2 Å². The fraction of sp³-hybridized carbons (Fsp3) is 0.286. The molecule has 0 radical (unpaired) electrons. The number of hydrogen-bond acceptors (Lipinski definition) is 6. The zero-order valence-corrected chi connectivity index (χ0v) is 18.9. The molecule has 0 saturated heterocycles. The van der Waals surface area contributed by atoms with Crippen LogP contribution in [0, 0.1) is 12.8 Å². The third-order valence-corrected chi connectivity index (χ3v) is 7.06. The minimum Gasteiger partial charge on any atom is -0.296 e. The molecule has 3 rings (SSSR count). The van der Waals surface area contributed by atoms with Crippen LogP contribution in [0.4, 0.5) is 10.8 Å². The third-order valence-electron chi connectivity index (χ3n) is 4.42. The van der Waals surface area contributed by atoms with Crippen LogP contribution in [-0.2, 0) is 16.4 Å². The number of rotatable bonds is 7. The first-order valence-corrected chi connectivity index (χ1v) is 11.7. The molecule has 0 spiro atoms. The maximum absolute atomic E-state index is 13.0.